The minimum atomic E-state index is -0.536. The molecule has 0 unspecified atom stereocenters. The average molecular weight is 366 g/mol. The number of hydrogen-bond donors (Lipinski definition) is 0. The van der Waals surface area contributed by atoms with E-state index in [1.807, 2.05) is 19.3 Å². The predicted molar refractivity (Wildman–Crippen MR) is 91.9 cm³/mol. The van der Waals surface area contributed by atoms with Gasteiger partial charge < -0.3 is 4.74 Å². The van der Waals surface area contributed by atoms with Crippen molar-refractivity contribution in [2.24, 2.45) is 7.05 Å². The number of halogens is 3. The van der Waals surface area contributed by atoms with Gasteiger partial charge in [-0.05, 0) is 25.1 Å². The minimum Gasteiger partial charge on any atom is -0.484 e. The molecule has 2 heterocycles. The molecule has 1 aromatic carbocycles. The molecular formula is C17H14Cl2FN3O. The first-order valence-electron chi connectivity index (χ1n) is 7.20. The zero-order chi connectivity index (χ0) is 17.3. The number of hydrogen-bond acceptors (Lipinski definition) is 3. The Kier molecular flexibility index (Phi) is 4.73. The molecule has 3 rings (SSSR count). The molecule has 124 valence electrons. The first-order valence-corrected chi connectivity index (χ1v) is 7.95. The van der Waals surface area contributed by atoms with Gasteiger partial charge in [-0.3, -0.25) is 9.67 Å². The van der Waals surface area contributed by atoms with Gasteiger partial charge in [0.1, 0.15) is 17.7 Å². The van der Waals surface area contributed by atoms with Crippen LogP contribution in [0.2, 0.25) is 10.0 Å². The van der Waals surface area contributed by atoms with Gasteiger partial charge in [0.25, 0.3) is 0 Å². The molecule has 2 aromatic heterocycles. The lowest BCUT2D eigenvalue weighted by molar-refractivity contribution is 0.226. The SMILES string of the molecule is C[C@@H](Oc1cncc(-c2cnn(C)c2)c1)c1c(Cl)ccc(F)c1Cl. The van der Waals surface area contributed by atoms with Crippen molar-refractivity contribution in [2.75, 3.05) is 0 Å². The zero-order valence-corrected chi connectivity index (χ0v) is 14.5. The molecule has 0 amide bonds. The van der Waals surface area contributed by atoms with Crippen molar-refractivity contribution < 1.29 is 9.13 Å². The summed E-state index contributed by atoms with van der Waals surface area (Å²) in [6, 6.07) is 4.52. The average Bonchev–Trinajstić information content (AvgIpc) is 2.98. The van der Waals surface area contributed by atoms with Crippen LogP contribution in [0.4, 0.5) is 4.39 Å². The van der Waals surface area contributed by atoms with E-state index >= 15 is 0 Å². The third-order valence-corrected chi connectivity index (χ3v) is 4.26. The molecule has 0 N–H and O–H groups in total. The van der Waals surface area contributed by atoms with Gasteiger partial charge in [0.2, 0.25) is 0 Å². The molecule has 0 aliphatic carbocycles. The fourth-order valence-corrected chi connectivity index (χ4v) is 3.07. The van der Waals surface area contributed by atoms with E-state index in [0.717, 1.165) is 11.1 Å². The van der Waals surface area contributed by atoms with E-state index in [1.165, 1.54) is 12.1 Å². The van der Waals surface area contributed by atoms with Crippen LogP contribution < -0.4 is 4.74 Å². The summed E-state index contributed by atoms with van der Waals surface area (Å²) in [7, 11) is 1.84. The Hall–Kier alpha value is -2.11. The standard InChI is InChI=1S/C17H14Cl2FN3O/c1-10(16-14(18)3-4-15(20)17(16)19)24-13-5-11(6-21-8-13)12-7-22-23(2)9-12/h3-10H,1-2H3/t10-/m1/s1. The third kappa shape index (κ3) is 3.37. The quantitative estimate of drug-likeness (QED) is 0.606. The Bertz CT molecular complexity index is 882. The van der Waals surface area contributed by atoms with Gasteiger partial charge in [-0.2, -0.15) is 5.10 Å². The molecule has 0 spiro atoms. The molecule has 7 heteroatoms. The van der Waals surface area contributed by atoms with Crippen molar-refractivity contribution in [3.05, 3.63) is 64.4 Å². The highest BCUT2D eigenvalue weighted by atomic mass is 35.5. The van der Waals surface area contributed by atoms with Crippen molar-refractivity contribution in [1.29, 1.82) is 0 Å². The smallest absolute Gasteiger partial charge is 0.142 e. The first kappa shape index (κ1) is 16.7. The lowest BCUT2D eigenvalue weighted by atomic mass is 10.1. The second kappa shape index (κ2) is 6.79. The molecule has 1 atom stereocenters. The van der Waals surface area contributed by atoms with Crippen molar-refractivity contribution in [1.82, 2.24) is 14.8 Å². The lowest BCUT2D eigenvalue weighted by Gasteiger charge is -2.18. The summed E-state index contributed by atoms with van der Waals surface area (Å²) >= 11 is 12.2. The van der Waals surface area contributed by atoms with Crippen LogP contribution in [0.3, 0.4) is 0 Å². The topological polar surface area (TPSA) is 39.9 Å². The van der Waals surface area contributed by atoms with Crippen LogP contribution in [0.5, 0.6) is 5.75 Å². The molecule has 0 radical (unpaired) electrons. The third-order valence-electron chi connectivity index (χ3n) is 3.55. The first-order chi connectivity index (χ1) is 11.5. The van der Waals surface area contributed by atoms with Crippen LogP contribution in [0.25, 0.3) is 11.1 Å². The Balaban J connectivity index is 1.88. The van der Waals surface area contributed by atoms with Gasteiger partial charge >= 0.3 is 0 Å². The molecule has 0 saturated carbocycles. The number of pyridine rings is 1. The summed E-state index contributed by atoms with van der Waals surface area (Å²) in [4.78, 5) is 4.18. The molecular weight excluding hydrogens is 352 g/mol. The summed E-state index contributed by atoms with van der Waals surface area (Å²) < 4.78 is 21.2. The van der Waals surface area contributed by atoms with E-state index in [0.29, 0.717) is 16.3 Å². The zero-order valence-electron chi connectivity index (χ0n) is 13.0. The summed E-state index contributed by atoms with van der Waals surface area (Å²) in [5.74, 6) is -0.00556. The van der Waals surface area contributed by atoms with E-state index in [-0.39, 0.29) is 5.02 Å². The Morgan fingerprint density at radius 1 is 1.17 bits per heavy atom. The van der Waals surface area contributed by atoms with Crippen LogP contribution in [0.1, 0.15) is 18.6 Å². The molecule has 0 fully saturated rings. The van der Waals surface area contributed by atoms with Gasteiger partial charge in [-0.25, -0.2) is 4.39 Å². The van der Waals surface area contributed by atoms with Crippen LogP contribution in [0.15, 0.2) is 43.0 Å². The predicted octanol–water partition coefficient (Wildman–Crippen LogP) is 5.07. The largest absolute Gasteiger partial charge is 0.484 e. The van der Waals surface area contributed by atoms with Gasteiger partial charge in [-0.15, -0.1) is 0 Å². The maximum atomic E-state index is 13.7. The normalized spacial score (nSPS) is 12.2. The highest BCUT2D eigenvalue weighted by molar-refractivity contribution is 6.36. The van der Waals surface area contributed by atoms with Crippen molar-refractivity contribution in [3.63, 3.8) is 0 Å². The summed E-state index contributed by atoms with van der Waals surface area (Å²) in [5, 5.41) is 4.45. The fourth-order valence-electron chi connectivity index (χ4n) is 2.39. The minimum absolute atomic E-state index is 0.0358. The monoisotopic (exact) mass is 365 g/mol. The maximum absolute atomic E-state index is 13.7. The fraction of sp³-hybridized carbons (Fsp3) is 0.176. The molecule has 0 bridgehead atoms. The second-order valence-electron chi connectivity index (χ2n) is 5.33. The molecule has 4 nitrogen and oxygen atoms in total. The number of aryl methyl sites for hydroxylation is 1. The number of benzene rings is 1. The molecule has 0 aliphatic rings. The summed E-state index contributed by atoms with van der Waals surface area (Å²) in [5.41, 5.74) is 2.19. The Morgan fingerprint density at radius 3 is 2.67 bits per heavy atom. The number of nitrogens with zero attached hydrogens (tertiary/aromatic N) is 3. The Morgan fingerprint density at radius 2 is 1.96 bits per heavy atom. The molecule has 0 saturated heterocycles. The van der Waals surface area contributed by atoms with E-state index in [1.54, 1.807) is 30.2 Å². The summed E-state index contributed by atoms with van der Waals surface area (Å²) in [6.45, 7) is 1.75. The molecule has 0 aliphatic heterocycles. The van der Waals surface area contributed by atoms with Gasteiger partial charge in [0.05, 0.1) is 17.4 Å². The summed E-state index contributed by atoms with van der Waals surface area (Å²) in [6.07, 6.45) is 6.38. The number of rotatable bonds is 4. The van der Waals surface area contributed by atoms with E-state index in [9.17, 15) is 4.39 Å². The lowest BCUT2D eigenvalue weighted by Crippen LogP contribution is -2.06. The van der Waals surface area contributed by atoms with Crippen LogP contribution in [0, 0.1) is 5.82 Å². The van der Waals surface area contributed by atoms with Crippen molar-refractivity contribution >= 4 is 23.2 Å². The van der Waals surface area contributed by atoms with E-state index in [4.69, 9.17) is 27.9 Å². The number of aromatic nitrogens is 3. The van der Waals surface area contributed by atoms with Crippen molar-refractivity contribution in [2.45, 2.75) is 13.0 Å². The van der Waals surface area contributed by atoms with E-state index < -0.39 is 11.9 Å². The number of ether oxygens (including phenoxy) is 1. The molecule has 3 aromatic rings. The van der Waals surface area contributed by atoms with Gasteiger partial charge in [0.15, 0.2) is 0 Å². The van der Waals surface area contributed by atoms with Crippen LogP contribution >= 0.6 is 23.2 Å². The highest BCUT2D eigenvalue weighted by Gasteiger charge is 2.19. The van der Waals surface area contributed by atoms with Gasteiger partial charge in [0, 0.05) is 41.2 Å². The Labute approximate surface area is 148 Å². The van der Waals surface area contributed by atoms with Gasteiger partial charge in [-0.1, -0.05) is 23.2 Å². The van der Waals surface area contributed by atoms with Crippen LogP contribution in [-0.4, -0.2) is 14.8 Å². The highest BCUT2D eigenvalue weighted by Crippen LogP contribution is 2.35. The molecule has 24 heavy (non-hydrogen) atoms. The second-order valence-corrected chi connectivity index (χ2v) is 6.11. The van der Waals surface area contributed by atoms with Crippen molar-refractivity contribution in [3.8, 4) is 16.9 Å². The maximum Gasteiger partial charge on any atom is 0.142 e. The van der Waals surface area contributed by atoms with Crippen LogP contribution in [-0.2, 0) is 7.05 Å². The van der Waals surface area contributed by atoms with E-state index in [2.05, 4.69) is 10.1 Å².